The summed E-state index contributed by atoms with van der Waals surface area (Å²) in [6.45, 7) is 8.13. The maximum absolute atomic E-state index is 11.3. The highest BCUT2D eigenvalue weighted by Gasteiger charge is 2.01. The van der Waals surface area contributed by atoms with Gasteiger partial charge < -0.3 is 4.74 Å². The molecule has 0 N–H and O–H groups in total. The van der Waals surface area contributed by atoms with Crippen LogP contribution in [0, 0.1) is 0 Å². The Morgan fingerprint density at radius 1 is 1.06 bits per heavy atom. The first-order valence-corrected chi connectivity index (χ1v) is 7.06. The summed E-state index contributed by atoms with van der Waals surface area (Å²) in [5.74, 6) is -0.0702. The number of hydrogen-bond donors (Lipinski definition) is 0. The Morgan fingerprint density at radius 3 is 2.28 bits per heavy atom. The molecule has 0 aromatic rings. The summed E-state index contributed by atoms with van der Waals surface area (Å²) in [5, 5.41) is 0. The van der Waals surface area contributed by atoms with Crippen LogP contribution in [-0.2, 0) is 9.53 Å². The van der Waals surface area contributed by atoms with Crippen molar-refractivity contribution in [3.8, 4) is 0 Å². The van der Waals surface area contributed by atoms with Gasteiger partial charge in [0.1, 0.15) is 6.61 Å². The van der Waals surface area contributed by atoms with Crippen LogP contribution in [0.1, 0.15) is 65.2 Å². The van der Waals surface area contributed by atoms with Gasteiger partial charge in [-0.05, 0) is 39.2 Å². The standard InChI is InChI=1S/C16H28O2/c1-4-5-6-7-8-9-10-11-12-16(17)18-14-13-15(2)3/h4,13H,1,5-12,14H2,2-3H3. The summed E-state index contributed by atoms with van der Waals surface area (Å²) < 4.78 is 5.09. The van der Waals surface area contributed by atoms with E-state index in [1.165, 1.54) is 31.3 Å². The molecule has 0 aliphatic carbocycles. The number of ether oxygens (including phenoxy) is 1. The maximum Gasteiger partial charge on any atom is 0.306 e. The molecule has 0 aliphatic heterocycles. The Balaban J connectivity index is 3.25. The topological polar surface area (TPSA) is 26.3 Å². The van der Waals surface area contributed by atoms with Crippen molar-refractivity contribution in [2.24, 2.45) is 0 Å². The number of allylic oxidation sites excluding steroid dienone is 2. The number of hydrogen-bond acceptors (Lipinski definition) is 2. The fraction of sp³-hybridized carbons (Fsp3) is 0.688. The first-order valence-electron chi connectivity index (χ1n) is 7.06. The Morgan fingerprint density at radius 2 is 1.67 bits per heavy atom. The van der Waals surface area contributed by atoms with Crippen molar-refractivity contribution in [2.75, 3.05) is 6.61 Å². The SMILES string of the molecule is C=CCCCCCCCCC(=O)OCC=C(C)C. The van der Waals surface area contributed by atoms with Gasteiger partial charge in [-0.1, -0.05) is 37.3 Å². The number of carbonyl (C=O) groups excluding carboxylic acids is 1. The third-order valence-electron chi connectivity index (χ3n) is 2.78. The third-order valence-corrected chi connectivity index (χ3v) is 2.78. The number of unbranched alkanes of at least 4 members (excludes halogenated alkanes) is 6. The molecule has 0 heterocycles. The van der Waals surface area contributed by atoms with Crippen LogP contribution in [0.2, 0.25) is 0 Å². The molecule has 2 nitrogen and oxygen atoms in total. The Hall–Kier alpha value is -1.05. The molecule has 0 atom stereocenters. The van der Waals surface area contributed by atoms with Crippen molar-refractivity contribution in [1.82, 2.24) is 0 Å². The highest BCUT2D eigenvalue weighted by Crippen LogP contribution is 2.09. The number of esters is 1. The van der Waals surface area contributed by atoms with Crippen molar-refractivity contribution < 1.29 is 9.53 Å². The van der Waals surface area contributed by atoms with Crippen molar-refractivity contribution in [2.45, 2.75) is 65.2 Å². The van der Waals surface area contributed by atoms with Gasteiger partial charge in [-0.3, -0.25) is 4.79 Å². The van der Waals surface area contributed by atoms with Gasteiger partial charge in [0.05, 0.1) is 0 Å². The Kier molecular flexibility index (Phi) is 11.7. The van der Waals surface area contributed by atoms with E-state index in [0.29, 0.717) is 13.0 Å². The molecule has 0 unspecified atom stereocenters. The predicted octanol–water partition coefficient (Wildman–Crippen LogP) is 4.80. The van der Waals surface area contributed by atoms with Crippen LogP contribution in [0.15, 0.2) is 24.3 Å². The van der Waals surface area contributed by atoms with Crippen LogP contribution >= 0.6 is 0 Å². The molecule has 2 heteroatoms. The molecule has 104 valence electrons. The molecule has 0 saturated carbocycles. The zero-order valence-corrected chi connectivity index (χ0v) is 12.0. The van der Waals surface area contributed by atoms with Crippen molar-refractivity contribution in [3.63, 3.8) is 0 Å². The van der Waals surface area contributed by atoms with Crippen molar-refractivity contribution >= 4 is 5.97 Å². The second-order valence-corrected chi connectivity index (χ2v) is 4.91. The molecule has 0 aliphatic rings. The molecular formula is C16H28O2. The molecule has 0 spiro atoms. The fourth-order valence-electron chi connectivity index (χ4n) is 1.64. The summed E-state index contributed by atoms with van der Waals surface area (Å²) in [6, 6.07) is 0. The van der Waals surface area contributed by atoms with Gasteiger partial charge in [-0.15, -0.1) is 6.58 Å². The van der Waals surface area contributed by atoms with Gasteiger partial charge in [-0.2, -0.15) is 0 Å². The minimum Gasteiger partial charge on any atom is -0.461 e. The van der Waals surface area contributed by atoms with Gasteiger partial charge >= 0.3 is 5.97 Å². The second-order valence-electron chi connectivity index (χ2n) is 4.91. The van der Waals surface area contributed by atoms with Gasteiger partial charge in [0, 0.05) is 6.42 Å². The van der Waals surface area contributed by atoms with Gasteiger partial charge in [-0.25, -0.2) is 0 Å². The quantitative estimate of drug-likeness (QED) is 0.300. The smallest absolute Gasteiger partial charge is 0.306 e. The molecule has 0 fully saturated rings. The molecule has 0 bridgehead atoms. The first kappa shape index (κ1) is 16.9. The van der Waals surface area contributed by atoms with Gasteiger partial charge in [0.2, 0.25) is 0 Å². The van der Waals surface area contributed by atoms with Crippen LogP contribution in [0.3, 0.4) is 0 Å². The lowest BCUT2D eigenvalue weighted by Crippen LogP contribution is -2.04. The first-order chi connectivity index (χ1) is 8.66. The summed E-state index contributed by atoms with van der Waals surface area (Å²) in [5.41, 5.74) is 1.18. The third kappa shape index (κ3) is 13.0. The maximum atomic E-state index is 11.3. The lowest BCUT2D eigenvalue weighted by atomic mass is 10.1. The molecule has 0 aromatic carbocycles. The minimum atomic E-state index is -0.0702. The van der Waals surface area contributed by atoms with Crippen LogP contribution < -0.4 is 0 Å². The summed E-state index contributed by atoms with van der Waals surface area (Å²) in [6.07, 6.45) is 12.7. The van der Waals surface area contributed by atoms with Crippen LogP contribution in [0.25, 0.3) is 0 Å². The highest BCUT2D eigenvalue weighted by atomic mass is 16.5. The van der Waals surface area contributed by atoms with Crippen LogP contribution in [0.5, 0.6) is 0 Å². The molecular weight excluding hydrogens is 224 g/mol. The molecule has 0 rings (SSSR count). The van der Waals surface area contributed by atoms with Gasteiger partial charge in [0.25, 0.3) is 0 Å². The van der Waals surface area contributed by atoms with E-state index in [9.17, 15) is 4.79 Å². The van der Waals surface area contributed by atoms with Crippen LogP contribution in [-0.4, -0.2) is 12.6 Å². The largest absolute Gasteiger partial charge is 0.461 e. The van der Waals surface area contributed by atoms with Crippen molar-refractivity contribution in [1.29, 1.82) is 0 Å². The Labute approximate surface area is 112 Å². The molecule has 18 heavy (non-hydrogen) atoms. The minimum absolute atomic E-state index is 0.0702. The van der Waals surface area contributed by atoms with Crippen LogP contribution in [0.4, 0.5) is 0 Å². The van der Waals surface area contributed by atoms with E-state index < -0.39 is 0 Å². The lowest BCUT2D eigenvalue weighted by molar-refractivity contribution is -0.142. The summed E-state index contributed by atoms with van der Waals surface area (Å²) in [4.78, 5) is 11.3. The van der Waals surface area contributed by atoms with E-state index in [-0.39, 0.29) is 5.97 Å². The molecule has 0 radical (unpaired) electrons. The zero-order valence-electron chi connectivity index (χ0n) is 12.0. The Bertz CT molecular complexity index is 250. The van der Waals surface area contributed by atoms with E-state index in [1.54, 1.807) is 0 Å². The zero-order chi connectivity index (χ0) is 13.6. The molecule has 0 amide bonds. The second kappa shape index (κ2) is 12.4. The lowest BCUT2D eigenvalue weighted by Gasteiger charge is -2.03. The van der Waals surface area contributed by atoms with Gasteiger partial charge in [0.15, 0.2) is 0 Å². The summed E-state index contributed by atoms with van der Waals surface area (Å²) >= 11 is 0. The normalized spacial score (nSPS) is 9.89. The average molecular weight is 252 g/mol. The molecule has 0 saturated heterocycles. The number of rotatable bonds is 11. The fourth-order valence-corrected chi connectivity index (χ4v) is 1.64. The summed E-state index contributed by atoms with van der Waals surface area (Å²) in [7, 11) is 0. The van der Waals surface area contributed by atoms with E-state index in [2.05, 4.69) is 6.58 Å². The highest BCUT2D eigenvalue weighted by molar-refractivity contribution is 5.69. The number of carbonyl (C=O) groups is 1. The van der Waals surface area contributed by atoms with E-state index in [1.807, 2.05) is 26.0 Å². The molecule has 0 aromatic heterocycles. The van der Waals surface area contributed by atoms with Crippen molar-refractivity contribution in [3.05, 3.63) is 24.3 Å². The average Bonchev–Trinajstić information content (AvgIpc) is 2.32. The predicted molar refractivity (Wildman–Crippen MR) is 77.5 cm³/mol. The van der Waals surface area contributed by atoms with E-state index in [0.717, 1.165) is 19.3 Å². The monoisotopic (exact) mass is 252 g/mol. The van der Waals surface area contributed by atoms with E-state index in [4.69, 9.17) is 4.74 Å². The van der Waals surface area contributed by atoms with E-state index >= 15 is 0 Å².